The molecule has 0 aliphatic heterocycles. The van der Waals surface area contributed by atoms with Gasteiger partial charge < -0.3 is 0 Å². The number of hydrogen-bond acceptors (Lipinski definition) is 0. The summed E-state index contributed by atoms with van der Waals surface area (Å²) in [5.74, 6) is 0. The second-order valence-electron chi connectivity index (χ2n) is 11.2. The van der Waals surface area contributed by atoms with Crippen molar-refractivity contribution >= 4 is 0 Å². The number of hydrogen-bond donors (Lipinski definition) is 0. The number of nitrogens with zero attached hydrogens (tertiary/aromatic N) is 1. The van der Waals surface area contributed by atoms with E-state index < -0.39 is 0 Å². The second-order valence-corrected chi connectivity index (χ2v) is 11.2. The Kier molecular flexibility index (Phi) is 4.55. The van der Waals surface area contributed by atoms with Gasteiger partial charge in [0, 0.05) is 28.5 Å². The van der Waals surface area contributed by atoms with Gasteiger partial charge in [-0.3, -0.25) is 0 Å². The zero-order valence-corrected chi connectivity index (χ0v) is 20.1. The fourth-order valence-corrected chi connectivity index (χ4v) is 5.19. The highest BCUT2D eigenvalue weighted by Crippen LogP contribution is 2.50. The Hall–Kier alpha value is -2.41. The Morgan fingerprint density at radius 1 is 0.733 bits per heavy atom. The molecule has 0 bridgehead atoms. The molecule has 1 aliphatic carbocycles. The molecule has 2 aromatic carbocycles. The zero-order chi connectivity index (χ0) is 22.1. The molecule has 156 valence electrons. The maximum Gasteiger partial charge on any atom is 0.212 e. The minimum atomic E-state index is -0.0237. The van der Waals surface area contributed by atoms with Gasteiger partial charge in [-0.1, -0.05) is 78.8 Å². The predicted molar refractivity (Wildman–Crippen MR) is 127 cm³/mol. The summed E-state index contributed by atoms with van der Waals surface area (Å²) >= 11 is 0. The van der Waals surface area contributed by atoms with E-state index in [1.807, 2.05) is 0 Å². The number of fused-ring (bicyclic) bond motifs is 2. The van der Waals surface area contributed by atoms with Crippen LogP contribution < -0.4 is 4.57 Å². The molecule has 1 aromatic heterocycles. The van der Waals surface area contributed by atoms with E-state index in [0.717, 1.165) is 0 Å². The summed E-state index contributed by atoms with van der Waals surface area (Å²) in [7, 11) is 2.16. The molecule has 1 aliphatic rings. The van der Waals surface area contributed by atoms with Gasteiger partial charge in [0.05, 0.1) is 0 Å². The molecule has 0 N–H and O–H groups in total. The summed E-state index contributed by atoms with van der Waals surface area (Å²) in [5.41, 5.74) is 11.3. The van der Waals surface area contributed by atoms with E-state index in [9.17, 15) is 0 Å². The third-order valence-electron chi connectivity index (χ3n) is 7.28. The minimum absolute atomic E-state index is 0.000181. The quantitative estimate of drug-likeness (QED) is 0.399. The molecular weight excluding hydrogens is 362 g/mol. The lowest BCUT2D eigenvalue weighted by atomic mass is 9.59. The first-order chi connectivity index (χ1) is 13.8. The minimum Gasteiger partial charge on any atom is -0.201 e. The van der Waals surface area contributed by atoms with Gasteiger partial charge >= 0.3 is 0 Å². The average molecular weight is 399 g/mol. The van der Waals surface area contributed by atoms with Crippen molar-refractivity contribution in [2.24, 2.45) is 7.05 Å². The lowest BCUT2D eigenvalue weighted by Crippen LogP contribution is -2.37. The topological polar surface area (TPSA) is 3.88 Å². The Labute approximate surface area is 182 Å². The highest BCUT2D eigenvalue weighted by molar-refractivity contribution is 5.69. The van der Waals surface area contributed by atoms with Crippen LogP contribution in [0.4, 0.5) is 0 Å². The third-order valence-corrected chi connectivity index (χ3v) is 7.28. The molecule has 0 saturated carbocycles. The van der Waals surface area contributed by atoms with E-state index in [4.69, 9.17) is 0 Å². The maximum atomic E-state index is 2.48. The third kappa shape index (κ3) is 3.02. The van der Waals surface area contributed by atoms with Crippen LogP contribution in [0.1, 0.15) is 81.8 Å². The van der Waals surface area contributed by atoms with Gasteiger partial charge in [-0.15, -0.1) is 0 Å². The molecule has 30 heavy (non-hydrogen) atoms. The summed E-state index contributed by atoms with van der Waals surface area (Å²) in [6.45, 7) is 18.6. The molecular formula is C29H36N+. The monoisotopic (exact) mass is 398 g/mol. The van der Waals surface area contributed by atoms with Crippen LogP contribution in [-0.2, 0) is 23.3 Å². The molecule has 0 saturated heterocycles. The molecule has 0 fully saturated rings. The molecule has 0 amide bonds. The predicted octanol–water partition coefficient (Wildman–Crippen LogP) is 6.75. The number of pyridine rings is 1. The highest BCUT2D eigenvalue weighted by Gasteiger charge is 2.42. The van der Waals surface area contributed by atoms with E-state index >= 15 is 0 Å². The summed E-state index contributed by atoms with van der Waals surface area (Å²) < 4.78 is 2.26. The van der Waals surface area contributed by atoms with Crippen LogP contribution in [0.3, 0.4) is 0 Å². The van der Waals surface area contributed by atoms with E-state index in [-0.39, 0.29) is 16.2 Å². The van der Waals surface area contributed by atoms with Gasteiger partial charge in [-0.2, -0.15) is 0 Å². The lowest BCUT2D eigenvalue weighted by molar-refractivity contribution is -0.660. The Morgan fingerprint density at radius 3 is 1.80 bits per heavy atom. The lowest BCUT2D eigenvalue weighted by Gasteiger charge is -2.44. The molecule has 0 unspecified atom stereocenters. The summed E-state index contributed by atoms with van der Waals surface area (Å²) in [4.78, 5) is 0. The summed E-state index contributed by atoms with van der Waals surface area (Å²) in [6, 6.07) is 18.6. The van der Waals surface area contributed by atoms with Crippen LogP contribution in [0.5, 0.6) is 0 Å². The fourth-order valence-electron chi connectivity index (χ4n) is 5.19. The fraction of sp³-hybridized carbons (Fsp3) is 0.414. The van der Waals surface area contributed by atoms with Crippen molar-refractivity contribution in [2.45, 2.75) is 71.6 Å². The van der Waals surface area contributed by atoms with Gasteiger partial charge in [-0.25, -0.2) is 4.57 Å². The summed E-state index contributed by atoms with van der Waals surface area (Å²) in [6.07, 6.45) is 2.21. The second kappa shape index (κ2) is 6.54. The van der Waals surface area contributed by atoms with Gasteiger partial charge in [0.15, 0.2) is 6.20 Å². The smallest absolute Gasteiger partial charge is 0.201 e. The molecule has 0 radical (unpaired) electrons. The molecule has 0 atom stereocenters. The first-order valence-electron chi connectivity index (χ1n) is 11.1. The Bertz CT molecular complexity index is 1140. The van der Waals surface area contributed by atoms with E-state index in [2.05, 4.69) is 122 Å². The van der Waals surface area contributed by atoms with Crippen LogP contribution in [0.25, 0.3) is 11.3 Å². The van der Waals surface area contributed by atoms with Gasteiger partial charge in [0.25, 0.3) is 0 Å². The van der Waals surface area contributed by atoms with Crippen LogP contribution in [-0.4, -0.2) is 0 Å². The molecule has 3 aromatic rings. The molecule has 1 heteroatoms. The number of benzene rings is 2. The molecule has 4 rings (SSSR count). The van der Waals surface area contributed by atoms with Crippen molar-refractivity contribution < 1.29 is 4.57 Å². The Balaban J connectivity index is 2.00. The van der Waals surface area contributed by atoms with Gasteiger partial charge in [-0.05, 0) is 51.8 Å². The number of aryl methyl sites for hydroxylation is 2. The Morgan fingerprint density at radius 2 is 1.27 bits per heavy atom. The number of aromatic nitrogens is 1. The molecule has 0 spiro atoms. The molecule has 1 heterocycles. The maximum absolute atomic E-state index is 2.48. The van der Waals surface area contributed by atoms with E-state index in [1.54, 1.807) is 0 Å². The first-order valence-corrected chi connectivity index (χ1v) is 11.1. The van der Waals surface area contributed by atoms with Crippen LogP contribution >= 0.6 is 0 Å². The largest absolute Gasteiger partial charge is 0.212 e. The van der Waals surface area contributed by atoms with E-state index in [1.165, 1.54) is 44.6 Å². The van der Waals surface area contributed by atoms with Crippen molar-refractivity contribution in [2.75, 3.05) is 0 Å². The highest BCUT2D eigenvalue weighted by atomic mass is 14.9. The van der Waals surface area contributed by atoms with Crippen molar-refractivity contribution in [3.05, 3.63) is 88.1 Å². The SMILES string of the molecule is Cc1cc2c(cc1-c1cc(C(C)(C)C)cc[n+]1C)C(C)(C)c1ccccc1C2(C)C. The average Bonchev–Trinajstić information content (AvgIpc) is 2.66. The van der Waals surface area contributed by atoms with Crippen molar-refractivity contribution in [3.63, 3.8) is 0 Å². The van der Waals surface area contributed by atoms with Crippen molar-refractivity contribution in [3.8, 4) is 11.3 Å². The van der Waals surface area contributed by atoms with Gasteiger partial charge in [0.2, 0.25) is 5.69 Å². The molecule has 1 nitrogen and oxygen atoms in total. The standard InChI is InChI=1S/C29H36N/c1-19-16-24-25(29(7,8)23-13-11-10-12-22(23)28(24,5)6)18-21(19)26-17-20(27(2,3)4)14-15-30(26)9/h10-18H,1-9H3/q+1. The van der Waals surface area contributed by atoms with Crippen LogP contribution in [0, 0.1) is 6.92 Å². The van der Waals surface area contributed by atoms with E-state index in [0.29, 0.717) is 0 Å². The van der Waals surface area contributed by atoms with Crippen LogP contribution in [0.2, 0.25) is 0 Å². The van der Waals surface area contributed by atoms with Crippen LogP contribution in [0.15, 0.2) is 54.7 Å². The van der Waals surface area contributed by atoms with Crippen molar-refractivity contribution in [1.82, 2.24) is 0 Å². The summed E-state index contributed by atoms with van der Waals surface area (Å²) in [5, 5.41) is 0. The first kappa shape index (κ1) is 20.8. The number of rotatable bonds is 1. The normalized spacial score (nSPS) is 16.7. The van der Waals surface area contributed by atoms with Gasteiger partial charge in [0.1, 0.15) is 7.05 Å². The zero-order valence-electron chi connectivity index (χ0n) is 20.1. The van der Waals surface area contributed by atoms with Crippen molar-refractivity contribution in [1.29, 1.82) is 0 Å².